The Labute approximate surface area is 342 Å². The van der Waals surface area contributed by atoms with Gasteiger partial charge in [-0.05, 0) is 146 Å². The third-order valence-corrected chi connectivity index (χ3v) is 14.7. The van der Waals surface area contributed by atoms with Crippen LogP contribution >= 0.6 is 0 Å². The summed E-state index contributed by atoms with van der Waals surface area (Å²) in [5, 5.41) is 0. The van der Waals surface area contributed by atoms with Gasteiger partial charge in [0.25, 0.3) is 0 Å². The van der Waals surface area contributed by atoms with Gasteiger partial charge in [0, 0.05) is 33.3 Å². The van der Waals surface area contributed by atoms with Crippen LogP contribution in [0.2, 0.25) is 0 Å². The number of fused-ring (bicyclic) bond motifs is 13. The fourth-order valence-corrected chi connectivity index (χ4v) is 11.9. The molecule has 2 spiro atoms. The van der Waals surface area contributed by atoms with Crippen molar-refractivity contribution in [3.8, 4) is 44.5 Å². The predicted molar refractivity (Wildman–Crippen MR) is 241 cm³/mol. The van der Waals surface area contributed by atoms with Gasteiger partial charge in [-0.25, -0.2) is 0 Å². The Morgan fingerprint density at radius 3 is 1.31 bits per heavy atom. The van der Waals surface area contributed by atoms with Crippen molar-refractivity contribution in [2.45, 2.75) is 55.8 Å². The largest absolute Gasteiger partial charge is 0.310 e. The lowest BCUT2D eigenvalue weighted by Gasteiger charge is -2.46. The van der Waals surface area contributed by atoms with Gasteiger partial charge in [-0.3, -0.25) is 0 Å². The van der Waals surface area contributed by atoms with Gasteiger partial charge in [-0.2, -0.15) is 0 Å². The van der Waals surface area contributed by atoms with Crippen LogP contribution in [-0.4, -0.2) is 0 Å². The summed E-state index contributed by atoms with van der Waals surface area (Å²) in [6.07, 6.45) is 4.41. The van der Waals surface area contributed by atoms with Crippen LogP contribution in [0.4, 0.5) is 17.1 Å². The molecule has 0 unspecified atom stereocenters. The van der Waals surface area contributed by atoms with Crippen LogP contribution in [0.25, 0.3) is 44.5 Å². The first-order valence-corrected chi connectivity index (χ1v) is 21.1. The van der Waals surface area contributed by atoms with Crippen molar-refractivity contribution in [1.82, 2.24) is 0 Å². The molecule has 0 N–H and O–H groups in total. The maximum absolute atomic E-state index is 2.57. The van der Waals surface area contributed by atoms with Crippen LogP contribution in [0.5, 0.6) is 0 Å². The van der Waals surface area contributed by atoms with Crippen LogP contribution in [0, 0.1) is 0 Å². The van der Waals surface area contributed by atoms with Gasteiger partial charge in [0.15, 0.2) is 0 Å². The van der Waals surface area contributed by atoms with Gasteiger partial charge in [-0.1, -0.05) is 159 Å². The Morgan fingerprint density at radius 2 is 0.724 bits per heavy atom. The van der Waals surface area contributed by atoms with E-state index in [1.165, 1.54) is 95.0 Å². The average Bonchev–Trinajstić information content (AvgIpc) is 3.80. The lowest BCUT2D eigenvalue weighted by molar-refractivity contribution is 0.265. The molecule has 0 saturated heterocycles. The molecule has 1 fully saturated rings. The lowest BCUT2D eigenvalue weighted by Crippen LogP contribution is -2.39. The molecule has 8 aromatic rings. The van der Waals surface area contributed by atoms with E-state index in [-0.39, 0.29) is 16.2 Å². The van der Waals surface area contributed by atoms with E-state index in [1.54, 1.807) is 0 Å². The highest BCUT2D eigenvalue weighted by Crippen LogP contribution is 2.64. The number of hydrogen-bond acceptors (Lipinski definition) is 1. The third kappa shape index (κ3) is 4.59. The molecule has 4 aliphatic carbocycles. The zero-order valence-corrected chi connectivity index (χ0v) is 33.2. The lowest BCUT2D eigenvalue weighted by atomic mass is 9.57. The minimum atomic E-state index is -0.0781. The van der Waals surface area contributed by atoms with Crippen LogP contribution < -0.4 is 4.90 Å². The summed E-state index contributed by atoms with van der Waals surface area (Å²) in [4.78, 5) is 2.50. The van der Waals surface area contributed by atoms with Crippen molar-refractivity contribution in [3.63, 3.8) is 0 Å². The smallest absolute Gasteiger partial charge is 0.0465 e. The summed E-state index contributed by atoms with van der Waals surface area (Å²) in [5.74, 6) is 0. The van der Waals surface area contributed by atoms with E-state index in [1.807, 2.05) is 0 Å². The average molecular weight is 744 g/mol. The molecule has 12 rings (SSSR count). The highest BCUT2D eigenvalue weighted by molar-refractivity contribution is 5.89. The van der Waals surface area contributed by atoms with E-state index in [0.717, 1.165) is 25.7 Å². The van der Waals surface area contributed by atoms with Crippen molar-refractivity contribution in [2.75, 3.05) is 4.90 Å². The molecule has 278 valence electrons. The summed E-state index contributed by atoms with van der Waals surface area (Å²) < 4.78 is 0. The zero-order chi connectivity index (χ0) is 38.6. The molecular weight excluding hydrogens is 699 g/mol. The van der Waals surface area contributed by atoms with E-state index >= 15 is 0 Å². The highest BCUT2D eigenvalue weighted by atomic mass is 15.1. The van der Waals surface area contributed by atoms with Crippen LogP contribution in [0.3, 0.4) is 0 Å². The van der Waals surface area contributed by atoms with Crippen LogP contribution in [0.1, 0.15) is 72.9 Å². The van der Waals surface area contributed by atoms with Gasteiger partial charge in [0.05, 0.1) is 0 Å². The summed E-state index contributed by atoms with van der Waals surface area (Å²) in [6.45, 7) is 4.76. The van der Waals surface area contributed by atoms with Crippen molar-refractivity contribution in [2.24, 2.45) is 0 Å². The van der Waals surface area contributed by atoms with Crippen molar-refractivity contribution < 1.29 is 0 Å². The number of benzene rings is 8. The van der Waals surface area contributed by atoms with E-state index in [9.17, 15) is 0 Å². The minimum absolute atomic E-state index is 0.0118. The maximum atomic E-state index is 2.57. The summed E-state index contributed by atoms with van der Waals surface area (Å²) in [7, 11) is 0. The van der Waals surface area contributed by atoms with Gasteiger partial charge < -0.3 is 4.90 Å². The van der Waals surface area contributed by atoms with E-state index < -0.39 is 0 Å². The monoisotopic (exact) mass is 743 g/mol. The van der Waals surface area contributed by atoms with Crippen molar-refractivity contribution in [3.05, 3.63) is 221 Å². The topological polar surface area (TPSA) is 3.24 Å². The first kappa shape index (κ1) is 33.7. The maximum Gasteiger partial charge on any atom is 0.0465 e. The summed E-state index contributed by atoms with van der Waals surface area (Å²) >= 11 is 0. The number of nitrogens with zero attached hydrogens (tertiary/aromatic N) is 1. The van der Waals surface area contributed by atoms with Crippen molar-refractivity contribution in [1.29, 1.82) is 0 Å². The van der Waals surface area contributed by atoms with Gasteiger partial charge in [-0.15, -0.1) is 0 Å². The molecule has 8 aromatic carbocycles. The SMILES string of the molecule is CC1(C)c2ccccc2-c2ccc(N(c3ccccc3)c3ccc4c(c3)C3(CCC5(CC3)c3ccccc3-c3ccc(-c6ccccc6)cc35)c3ccccc3-4)cc21. The van der Waals surface area contributed by atoms with Crippen LogP contribution in [-0.2, 0) is 16.2 Å². The fourth-order valence-electron chi connectivity index (χ4n) is 11.9. The zero-order valence-electron chi connectivity index (χ0n) is 33.2. The molecule has 1 heteroatoms. The minimum Gasteiger partial charge on any atom is -0.310 e. The molecule has 0 radical (unpaired) electrons. The van der Waals surface area contributed by atoms with E-state index in [4.69, 9.17) is 0 Å². The predicted octanol–water partition coefficient (Wildman–Crippen LogP) is 14.9. The normalized spacial score (nSPS) is 19.9. The molecule has 0 atom stereocenters. The molecule has 0 heterocycles. The van der Waals surface area contributed by atoms with E-state index in [2.05, 4.69) is 207 Å². The molecule has 1 nitrogen and oxygen atoms in total. The first-order valence-electron chi connectivity index (χ1n) is 21.1. The first-order chi connectivity index (χ1) is 28.5. The number of hydrogen-bond donors (Lipinski definition) is 0. The third-order valence-electron chi connectivity index (χ3n) is 14.7. The Balaban J connectivity index is 0.987. The molecule has 58 heavy (non-hydrogen) atoms. The van der Waals surface area contributed by atoms with E-state index in [0.29, 0.717) is 0 Å². The molecule has 1 saturated carbocycles. The molecule has 0 amide bonds. The fraction of sp³-hybridized carbons (Fsp3) is 0.158. The number of para-hydroxylation sites is 1. The molecule has 0 bridgehead atoms. The standard InChI is InChI=1S/C57H45N/c1-55(2)49-22-12-9-19-43(49)46-29-26-41(36-52(46)55)58(40-17-7-4-8-18-40)42-27-30-48-45-21-11-14-24-51(45)57(54(48)37-42)33-31-56(32-34-57)50-23-13-10-20-44(50)47-28-25-39(35-53(47)56)38-15-5-3-6-16-38/h3-30,35-37H,31-34H2,1-2H3. The number of anilines is 3. The van der Waals surface area contributed by atoms with Crippen molar-refractivity contribution >= 4 is 17.1 Å². The Morgan fingerprint density at radius 1 is 0.310 bits per heavy atom. The molecular formula is C57H45N. The quantitative estimate of drug-likeness (QED) is 0.173. The second-order valence-corrected chi connectivity index (χ2v) is 17.7. The van der Waals surface area contributed by atoms with Crippen LogP contribution in [0.15, 0.2) is 188 Å². The Hall–Kier alpha value is -6.44. The summed E-state index contributed by atoms with van der Waals surface area (Å²) in [5.41, 5.74) is 23.2. The molecule has 0 aliphatic heterocycles. The second kappa shape index (κ2) is 12.3. The van der Waals surface area contributed by atoms with Gasteiger partial charge in [0.2, 0.25) is 0 Å². The Kier molecular flexibility index (Phi) is 7.13. The second-order valence-electron chi connectivity index (χ2n) is 17.7. The highest BCUT2D eigenvalue weighted by Gasteiger charge is 2.53. The van der Waals surface area contributed by atoms with Gasteiger partial charge >= 0.3 is 0 Å². The summed E-state index contributed by atoms with van der Waals surface area (Å²) in [6, 6.07) is 71.2. The molecule has 0 aromatic heterocycles. The molecule has 4 aliphatic rings. The van der Waals surface area contributed by atoms with Gasteiger partial charge in [0.1, 0.15) is 0 Å². The Bertz CT molecular complexity index is 2930. The number of rotatable bonds is 4.